The van der Waals surface area contributed by atoms with E-state index in [-0.39, 0.29) is 11.6 Å². The normalized spacial score (nSPS) is 11.6. The zero-order valence-corrected chi connectivity index (χ0v) is 16.7. The molecule has 27 heavy (non-hydrogen) atoms. The molecule has 0 aliphatic carbocycles. The summed E-state index contributed by atoms with van der Waals surface area (Å²) in [6.45, 7) is 10.1. The molecule has 1 heterocycles. The number of carbonyl (C=O) groups excluding carboxylic acids is 1. The summed E-state index contributed by atoms with van der Waals surface area (Å²) < 4.78 is 2.00. The van der Waals surface area contributed by atoms with Gasteiger partial charge < -0.3 is 0 Å². The zero-order valence-electron chi connectivity index (χ0n) is 16.7. The van der Waals surface area contributed by atoms with Gasteiger partial charge in [-0.25, -0.2) is 4.68 Å². The Bertz CT molecular complexity index is 869. The number of rotatable bonds is 5. The fraction of sp³-hybridized carbons (Fsp3) is 0.304. The first kappa shape index (κ1) is 18.9. The molecule has 0 saturated heterocycles. The molecule has 0 aliphatic heterocycles. The lowest BCUT2D eigenvalue weighted by Gasteiger charge is -2.34. The topological polar surface area (TPSA) is 38.1 Å². The van der Waals surface area contributed by atoms with Crippen LogP contribution in [-0.4, -0.2) is 21.7 Å². The van der Waals surface area contributed by atoms with Crippen LogP contribution in [0.25, 0.3) is 0 Å². The summed E-state index contributed by atoms with van der Waals surface area (Å²) in [4.78, 5) is 13.8. The molecule has 1 aromatic heterocycles. The average Bonchev–Trinajstić information content (AvgIpc) is 2.92. The van der Waals surface area contributed by atoms with Crippen molar-refractivity contribution in [3.63, 3.8) is 0 Å². The van der Waals surface area contributed by atoms with Gasteiger partial charge in [0.05, 0.1) is 5.69 Å². The van der Waals surface area contributed by atoms with Crippen LogP contribution in [0, 0.1) is 13.8 Å². The van der Waals surface area contributed by atoms with E-state index in [0.29, 0.717) is 0 Å². The molecule has 4 nitrogen and oxygen atoms in total. The summed E-state index contributed by atoms with van der Waals surface area (Å²) in [7, 11) is 0. The van der Waals surface area contributed by atoms with Gasteiger partial charge in [-0.2, -0.15) is 5.10 Å². The van der Waals surface area contributed by atoms with Crippen molar-refractivity contribution in [3.05, 3.63) is 83.0 Å². The van der Waals surface area contributed by atoms with E-state index in [1.807, 2.05) is 75.7 Å². The number of hydrogen-bond acceptors (Lipinski definition) is 2. The van der Waals surface area contributed by atoms with Crippen molar-refractivity contribution in [3.8, 4) is 0 Å². The molecule has 2 aromatic carbocycles. The van der Waals surface area contributed by atoms with Crippen molar-refractivity contribution in [2.45, 2.75) is 46.2 Å². The molecular formula is C23H27N3O. The van der Waals surface area contributed by atoms with Crippen LogP contribution in [0.2, 0.25) is 0 Å². The predicted molar refractivity (Wildman–Crippen MR) is 110 cm³/mol. The highest BCUT2D eigenvalue weighted by atomic mass is 16.1. The first-order valence-electron chi connectivity index (χ1n) is 9.25. The van der Waals surface area contributed by atoms with Gasteiger partial charge in [0, 0.05) is 11.1 Å². The molecule has 4 heteroatoms. The Morgan fingerprint density at radius 3 is 1.81 bits per heavy atom. The number of benzene rings is 2. The molecule has 0 bridgehead atoms. The van der Waals surface area contributed by atoms with E-state index in [1.165, 1.54) is 0 Å². The largest absolute Gasteiger partial charge is 0.294 e. The number of amides is 1. The summed E-state index contributed by atoms with van der Waals surface area (Å²) in [6, 6.07) is 20.5. The Kier molecular flexibility index (Phi) is 5.17. The standard InChI is InChI=1S/C23H27N3O/c1-17-18(2)24-26(22(17)25(16-27)23(3,4)5)21(19-12-8-6-9-13-19)20-14-10-7-11-15-20/h6-16,21H,1-5H3. The van der Waals surface area contributed by atoms with Gasteiger partial charge in [0.15, 0.2) is 0 Å². The molecule has 140 valence electrons. The van der Waals surface area contributed by atoms with E-state index in [9.17, 15) is 4.79 Å². The van der Waals surface area contributed by atoms with Crippen molar-refractivity contribution in [2.75, 3.05) is 4.90 Å². The van der Waals surface area contributed by atoms with Crippen LogP contribution in [0.1, 0.15) is 49.2 Å². The van der Waals surface area contributed by atoms with E-state index in [2.05, 4.69) is 24.3 Å². The average molecular weight is 361 g/mol. The Balaban J connectivity index is 2.28. The molecule has 0 radical (unpaired) electrons. The summed E-state index contributed by atoms with van der Waals surface area (Å²) in [6.07, 6.45) is 0.910. The molecular weight excluding hydrogens is 334 g/mol. The third-order valence-corrected chi connectivity index (χ3v) is 4.88. The second kappa shape index (κ2) is 7.39. The molecule has 3 aromatic rings. The maximum Gasteiger partial charge on any atom is 0.215 e. The van der Waals surface area contributed by atoms with Crippen molar-refractivity contribution in [2.24, 2.45) is 0 Å². The Labute approximate surface area is 161 Å². The minimum Gasteiger partial charge on any atom is -0.294 e. The van der Waals surface area contributed by atoms with Crippen LogP contribution in [0.3, 0.4) is 0 Å². The van der Waals surface area contributed by atoms with Crippen LogP contribution < -0.4 is 4.90 Å². The zero-order chi connectivity index (χ0) is 19.6. The highest BCUT2D eigenvalue weighted by Gasteiger charge is 2.31. The van der Waals surface area contributed by atoms with E-state index < -0.39 is 0 Å². The number of carbonyl (C=O) groups is 1. The second-order valence-electron chi connectivity index (χ2n) is 7.85. The lowest BCUT2D eigenvalue weighted by Crippen LogP contribution is -2.42. The van der Waals surface area contributed by atoms with Gasteiger partial charge in [0.25, 0.3) is 0 Å². The van der Waals surface area contributed by atoms with E-state index in [1.54, 1.807) is 4.90 Å². The highest BCUT2D eigenvalue weighted by molar-refractivity contribution is 5.77. The third kappa shape index (κ3) is 3.65. The first-order valence-corrected chi connectivity index (χ1v) is 9.25. The highest BCUT2D eigenvalue weighted by Crippen LogP contribution is 2.35. The van der Waals surface area contributed by atoms with Crippen LogP contribution in [0.4, 0.5) is 5.82 Å². The monoisotopic (exact) mass is 361 g/mol. The van der Waals surface area contributed by atoms with Crippen LogP contribution in [0.15, 0.2) is 60.7 Å². The van der Waals surface area contributed by atoms with Crippen molar-refractivity contribution in [1.82, 2.24) is 9.78 Å². The Hall–Kier alpha value is -2.88. The number of hydrogen-bond donors (Lipinski definition) is 0. The number of aryl methyl sites for hydroxylation is 1. The van der Waals surface area contributed by atoms with Crippen molar-refractivity contribution in [1.29, 1.82) is 0 Å². The molecule has 0 spiro atoms. The van der Waals surface area contributed by atoms with Crippen LogP contribution in [-0.2, 0) is 4.79 Å². The van der Waals surface area contributed by atoms with Crippen molar-refractivity contribution < 1.29 is 4.79 Å². The second-order valence-corrected chi connectivity index (χ2v) is 7.85. The molecule has 0 aliphatic rings. The molecule has 0 saturated carbocycles. The third-order valence-electron chi connectivity index (χ3n) is 4.88. The molecule has 1 amide bonds. The number of aromatic nitrogens is 2. The van der Waals surface area contributed by atoms with Gasteiger partial charge in [0.2, 0.25) is 6.41 Å². The number of nitrogens with zero attached hydrogens (tertiary/aromatic N) is 3. The minimum atomic E-state index is -0.353. The predicted octanol–water partition coefficient (Wildman–Crippen LogP) is 4.90. The molecule has 0 N–H and O–H groups in total. The van der Waals surface area contributed by atoms with Gasteiger partial charge >= 0.3 is 0 Å². The summed E-state index contributed by atoms with van der Waals surface area (Å²) >= 11 is 0. The van der Waals surface area contributed by atoms with Crippen LogP contribution in [0.5, 0.6) is 0 Å². The van der Waals surface area contributed by atoms with E-state index in [0.717, 1.165) is 34.6 Å². The fourth-order valence-electron chi connectivity index (χ4n) is 3.36. The smallest absolute Gasteiger partial charge is 0.215 e. The minimum absolute atomic E-state index is 0.111. The van der Waals surface area contributed by atoms with E-state index >= 15 is 0 Å². The molecule has 0 fully saturated rings. The quantitative estimate of drug-likeness (QED) is 0.606. The maximum absolute atomic E-state index is 12.0. The molecule has 0 atom stereocenters. The summed E-state index contributed by atoms with van der Waals surface area (Å²) in [5.74, 6) is 0.840. The molecule has 0 unspecified atom stereocenters. The van der Waals surface area contributed by atoms with Gasteiger partial charge in [-0.1, -0.05) is 60.7 Å². The fourth-order valence-corrected chi connectivity index (χ4v) is 3.36. The van der Waals surface area contributed by atoms with Gasteiger partial charge in [-0.3, -0.25) is 9.69 Å². The first-order chi connectivity index (χ1) is 12.8. The Morgan fingerprint density at radius 1 is 0.926 bits per heavy atom. The summed E-state index contributed by atoms with van der Waals surface area (Å²) in [5, 5.41) is 4.86. The Morgan fingerprint density at radius 2 is 1.41 bits per heavy atom. The van der Waals surface area contributed by atoms with Gasteiger partial charge in [-0.15, -0.1) is 0 Å². The number of anilines is 1. The molecule has 3 rings (SSSR count). The van der Waals surface area contributed by atoms with Gasteiger partial charge in [0.1, 0.15) is 11.9 Å². The maximum atomic E-state index is 12.0. The SMILES string of the molecule is Cc1nn(C(c2ccccc2)c2ccccc2)c(N(C=O)C(C)(C)C)c1C. The lowest BCUT2D eigenvalue weighted by molar-refractivity contribution is -0.108. The van der Waals surface area contributed by atoms with Crippen molar-refractivity contribution >= 4 is 12.2 Å². The van der Waals surface area contributed by atoms with E-state index in [4.69, 9.17) is 5.10 Å². The van der Waals surface area contributed by atoms with Gasteiger partial charge in [-0.05, 0) is 45.7 Å². The van der Waals surface area contributed by atoms with Crippen LogP contribution >= 0.6 is 0 Å². The summed E-state index contributed by atoms with van der Waals surface area (Å²) in [5.41, 5.74) is 3.86. The lowest BCUT2D eigenvalue weighted by atomic mass is 9.98.